The molecule has 0 aliphatic carbocycles. The lowest BCUT2D eigenvalue weighted by atomic mass is 9.94. The lowest BCUT2D eigenvalue weighted by molar-refractivity contribution is -0.160. The van der Waals surface area contributed by atoms with E-state index in [-0.39, 0.29) is 12.0 Å². The average molecular weight is 213 g/mol. The number of carbonyl (C=O) groups is 1. The first-order valence-corrected chi connectivity index (χ1v) is 5.25. The molecule has 0 N–H and O–H groups in total. The molecule has 1 heterocycles. The SMILES string of the molecule is CCOC(=O)C1=CON(C(C)C)C1(C)C. The smallest absolute Gasteiger partial charge is 0.339 e. The fourth-order valence-corrected chi connectivity index (χ4v) is 1.78. The van der Waals surface area contributed by atoms with Gasteiger partial charge in [0.05, 0.1) is 17.7 Å². The molecule has 1 aliphatic heterocycles. The number of hydrogen-bond acceptors (Lipinski definition) is 4. The zero-order chi connectivity index (χ0) is 11.6. The Morgan fingerprint density at radius 2 is 2.20 bits per heavy atom. The topological polar surface area (TPSA) is 38.8 Å². The van der Waals surface area contributed by atoms with Crippen molar-refractivity contribution in [3.05, 3.63) is 11.8 Å². The summed E-state index contributed by atoms with van der Waals surface area (Å²) in [5.74, 6) is -0.300. The van der Waals surface area contributed by atoms with Gasteiger partial charge < -0.3 is 9.57 Å². The van der Waals surface area contributed by atoms with Crippen molar-refractivity contribution in [3.63, 3.8) is 0 Å². The summed E-state index contributed by atoms with van der Waals surface area (Å²) in [6, 6.07) is 0.211. The Balaban J connectivity index is 2.82. The van der Waals surface area contributed by atoms with Gasteiger partial charge in [-0.05, 0) is 34.6 Å². The van der Waals surface area contributed by atoms with Crippen LogP contribution in [0.4, 0.5) is 0 Å². The zero-order valence-electron chi connectivity index (χ0n) is 10.0. The van der Waals surface area contributed by atoms with Crippen molar-refractivity contribution in [2.45, 2.75) is 46.2 Å². The van der Waals surface area contributed by atoms with Crippen LogP contribution in [0.1, 0.15) is 34.6 Å². The molecule has 0 atom stereocenters. The molecule has 1 rings (SSSR count). The molecule has 4 heteroatoms. The van der Waals surface area contributed by atoms with E-state index in [1.165, 1.54) is 6.26 Å². The summed E-state index contributed by atoms with van der Waals surface area (Å²) < 4.78 is 4.98. The zero-order valence-corrected chi connectivity index (χ0v) is 10.0. The van der Waals surface area contributed by atoms with Gasteiger partial charge in [0.15, 0.2) is 0 Å². The highest BCUT2D eigenvalue weighted by atomic mass is 16.7. The third-order valence-electron chi connectivity index (χ3n) is 2.46. The molecular formula is C11H19NO3. The molecular weight excluding hydrogens is 194 g/mol. The molecule has 0 bridgehead atoms. The summed E-state index contributed by atoms with van der Waals surface area (Å²) in [6.07, 6.45) is 1.48. The molecule has 0 aromatic carbocycles. The summed E-state index contributed by atoms with van der Waals surface area (Å²) in [5, 5.41) is 1.79. The van der Waals surface area contributed by atoms with Crippen molar-refractivity contribution in [2.75, 3.05) is 6.61 Å². The van der Waals surface area contributed by atoms with E-state index in [0.717, 1.165) is 0 Å². The molecule has 0 spiro atoms. The van der Waals surface area contributed by atoms with Crippen molar-refractivity contribution >= 4 is 5.97 Å². The van der Waals surface area contributed by atoms with E-state index in [1.807, 2.05) is 27.7 Å². The maximum atomic E-state index is 11.6. The second-order valence-corrected chi connectivity index (χ2v) is 4.34. The second-order valence-electron chi connectivity index (χ2n) is 4.34. The second kappa shape index (κ2) is 4.23. The molecule has 0 fully saturated rings. The predicted molar refractivity (Wildman–Crippen MR) is 56.9 cm³/mol. The number of rotatable bonds is 3. The normalized spacial score (nSPS) is 20.0. The van der Waals surface area contributed by atoms with Crippen molar-refractivity contribution in [3.8, 4) is 0 Å². The Morgan fingerprint density at radius 1 is 1.60 bits per heavy atom. The third kappa shape index (κ3) is 2.15. The standard InChI is InChI=1S/C11H19NO3/c1-6-14-10(13)9-7-15-12(8(2)3)11(9,4)5/h7-8H,6H2,1-5H3. The van der Waals surface area contributed by atoms with Crippen LogP contribution in [-0.2, 0) is 14.4 Å². The fourth-order valence-electron chi connectivity index (χ4n) is 1.78. The highest BCUT2D eigenvalue weighted by Crippen LogP contribution is 2.33. The van der Waals surface area contributed by atoms with Gasteiger partial charge in [0, 0.05) is 6.04 Å². The van der Waals surface area contributed by atoms with E-state index in [0.29, 0.717) is 12.2 Å². The number of hydrogen-bond donors (Lipinski definition) is 0. The van der Waals surface area contributed by atoms with Gasteiger partial charge in [-0.2, -0.15) is 0 Å². The van der Waals surface area contributed by atoms with E-state index in [1.54, 1.807) is 12.0 Å². The van der Waals surface area contributed by atoms with Gasteiger partial charge in [-0.3, -0.25) is 0 Å². The Bertz CT molecular complexity index is 282. The van der Waals surface area contributed by atoms with Crippen LogP contribution in [0.5, 0.6) is 0 Å². The van der Waals surface area contributed by atoms with Crippen molar-refractivity contribution in [2.24, 2.45) is 0 Å². The van der Waals surface area contributed by atoms with Crippen LogP contribution in [0.15, 0.2) is 11.8 Å². The van der Waals surface area contributed by atoms with Gasteiger partial charge in [-0.25, -0.2) is 4.79 Å². The molecule has 0 saturated carbocycles. The van der Waals surface area contributed by atoms with E-state index < -0.39 is 5.54 Å². The van der Waals surface area contributed by atoms with Gasteiger partial charge in [0.25, 0.3) is 0 Å². The van der Waals surface area contributed by atoms with Gasteiger partial charge in [-0.15, -0.1) is 5.06 Å². The minimum absolute atomic E-state index is 0.211. The van der Waals surface area contributed by atoms with Crippen LogP contribution in [0, 0.1) is 0 Å². The quantitative estimate of drug-likeness (QED) is 0.671. The number of esters is 1. The maximum absolute atomic E-state index is 11.6. The van der Waals surface area contributed by atoms with Crippen LogP contribution < -0.4 is 0 Å². The van der Waals surface area contributed by atoms with Crippen molar-refractivity contribution in [1.29, 1.82) is 0 Å². The maximum Gasteiger partial charge on any atom is 0.339 e. The van der Waals surface area contributed by atoms with Crippen LogP contribution in [0.25, 0.3) is 0 Å². The van der Waals surface area contributed by atoms with Crippen LogP contribution in [0.3, 0.4) is 0 Å². The summed E-state index contributed by atoms with van der Waals surface area (Å²) in [7, 11) is 0. The van der Waals surface area contributed by atoms with Crippen LogP contribution in [-0.4, -0.2) is 29.2 Å². The number of ether oxygens (including phenoxy) is 1. The minimum Gasteiger partial charge on any atom is -0.462 e. The summed E-state index contributed by atoms with van der Waals surface area (Å²) in [6.45, 7) is 10.1. The van der Waals surface area contributed by atoms with Crippen LogP contribution >= 0.6 is 0 Å². The molecule has 86 valence electrons. The molecule has 0 aromatic rings. The average Bonchev–Trinajstić information content (AvgIpc) is 2.41. The molecule has 0 aromatic heterocycles. The van der Waals surface area contributed by atoms with E-state index in [9.17, 15) is 4.79 Å². The van der Waals surface area contributed by atoms with Gasteiger partial charge in [-0.1, -0.05) is 0 Å². The lowest BCUT2D eigenvalue weighted by Crippen LogP contribution is -2.46. The summed E-state index contributed by atoms with van der Waals surface area (Å²) in [4.78, 5) is 17.0. The van der Waals surface area contributed by atoms with E-state index in [4.69, 9.17) is 9.57 Å². The van der Waals surface area contributed by atoms with Crippen molar-refractivity contribution < 1.29 is 14.4 Å². The highest BCUT2D eigenvalue weighted by molar-refractivity contribution is 5.90. The summed E-state index contributed by atoms with van der Waals surface area (Å²) in [5.41, 5.74) is 0.138. The first-order chi connectivity index (χ1) is 6.91. The fraction of sp³-hybridized carbons (Fsp3) is 0.727. The first-order valence-electron chi connectivity index (χ1n) is 5.25. The van der Waals surface area contributed by atoms with Gasteiger partial charge in [0.1, 0.15) is 6.26 Å². The monoisotopic (exact) mass is 213 g/mol. The third-order valence-corrected chi connectivity index (χ3v) is 2.46. The Hall–Kier alpha value is -1.03. The molecule has 15 heavy (non-hydrogen) atoms. The van der Waals surface area contributed by atoms with Gasteiger partial charge in [0.2, 0.25) is 0 Å². The van der Waals surface area contributed by atoms with Crippen LogP contribution in [0.2, 0.25) is 0 Å². The number of nitrogens with zero attached hydrogens (tertiary/aromatic N) is 1. The molecule has 0 saturated heterocycles. The predicted octanol–water partition coefficient (Wildman–Crippen LogP) is 1.87. The number of carbonyl (C=O) groups excluding carboxylic acids is 1. The van der Waals surface area contributed by atoms with Gasteiger partial charge >= 0.3 is 5.97 Å². The Labute approximate surface area is 90.8 Å². The van der Waals surface area contributed by atoms with E-state index >= 15 is 0 Å². The number of hydroxylamine groups is 2. The molecule has 0 radical (unpaired) electrons. The highest BCUT2D eigenvalue weighted by Gasteiger charge is 2.43. The minimum atomic E-state index is -0.430. The Kier molecular flexibility index (Phi) is 3.39. The lowest BCUT2D eigenvalue weighted by Gasteiger charge is -2.33. The molecule has 0 amide bonds. The molecule has 4 nitrogen and oxygen atoms in total. The van der Waals surface area contributed by atoms with Crippen molar-refractivity contribution in [1.82, 2.24) is 5.06 Å². The Morgan fingerprint density at radius 3 is 2.60 bits per heavy atom. The molecule has 0 unspecified atom stereocenters. The summed E-state index contributed by atoms with van der Waals surface area (Å²) >= 11 is 0. The first kappa shape index (κ1) is 12.0. The largest absolute Gasteiger partial charge is 0.462 e. The van der Waals surface area contributed by atoms with E-state index in [2.05, 4.69) is 0 Å². The molecule has 1 aliphatic rings.